The zero-order valence-corrected chi connectivity index (χ0v) is 24.6. The van der Waals surface area contributed by atoms with Crippen LogP contribution in [0.1, 0.15) is 39.2 Å². The fraction of sp³-hybridized carbons (Fsp3) is 0.375. The Hall–Kier alpha value is -4.51. The smallest absolute Gasteiger partial charge is 0.374 e. The maximum absolute atomic E-state index is 14.0. The number of pyridine rings is 1. The number of benzene rings is 1. The van der Waals surface area contributed by atoms with Crippen LogP contribution in [-0.2, 0) is 17.5 Å². The van der Waals surface area contributed by atoms with Crippen LogP contribution in [0.3, 0.4) is 0 Å². The quantitative estimate of drug-likeness (QED) is 0.341. The second-order valence-corrected chi connectivity index (χ2v) is 11.7. The molecule has 3 aliphatic rings. The topological polar surface area (TPSA) is 91.1 Å². The van der Waals surface area contributed by atoms with Crippen LogP contribution in [0.4, 0.5) is 24.7 Å². The van der Waals surface area contributed by atoms with Crippen molar-refractivity contribution in [3.05, 3.63) is 82.9 Å². The van der Waals surface area contributed by atoms with E-state index < -0.39 is 17.6 Å². The van der Waals surface area contributed by atoms with Crippen LogP contribution in [0.5, 0.6) is 0 Å². The van der Waals surface area contributed by atoms with Gasteiger partial charge in [0.1, 0.15) is 11.5 Å². The van der Waals surface area contributed by atoms with E-state index in [0.29, 0.717) is 42.6 Å². The molecule has 0 unspecified atom stereocenters. The fourth-order valence-electron chi connectivity index (χ4n) is 6.06. The predicted octanol–water partition coefficient (Wildman–Crippen LogP) is 3.52. The maximum Gasteiger partial charge on any atom is 0.416 e. The molecule has 3 aliphatic heterocycles. The minimum Gasteiger partial charge on any atom is -0.374 e. The summed E-state index contributed by atoms with van der Waals surface area (Å²) in [5.74, 6) is 6.32. The number of imidazole rings is 1. The number of hydrogen-bond donors (Lipinski definition) is 1. The van der Waals surface area contributed by atoms with Crippen molar-refractivity contribution in [2.45, 2.75) is 31.3 Å². The Kier molecular flexibility index (Phi) is 7.64. The Bertz CT molecular complexity index is 1810. The number of nitrogens with zero attached hydrogens (tertiary/aromatic N) is 7. The van der Waals surface area contributed by atoms with Crippen molar-refractivity contribution in [2.75, 3.05) is 56.6 Å². The summed E-state index contributed by atoms with van der Waals surface area (Å²) in [4.78, 5) is 28.0. The molecule has 1 aromatic carbocycles. The van der Waals surface area contributed by atoms with Gasteiger partial charge in [-0.3, -0.25) is 14.7 Å². The van der Waals surface area contributed by atoms with Crippen molar-refractivity contribution >= 4 is 23.1 Å². The number of hydrogen-bond acceptors (Lipinski definition) is 8. The third-order valence-corrected chi connectivity index (χ3v) is 8.54. The minimum atomic E-state index is -4.56. The Morgan fingerprint density at radius 2 is 1.91 bits per heavy atom. The van der Waals surface area contributed by atoms with Crippen molar-refractivity contribution in [3.8, 4) is 11.8 Å². The molecule has 1 N–H and O–H groups in total. The number of morpholine rings is 1. The largest absolute Gasteiger partial charge is 0.416 e. The maximum atomic E-state index is 14.0. The van der Waals surface area contributed by atoms with E-state index in [1.54, 1.807) is 16.8 Å². The number of ether oxygens (including phenoxy) is 1. The van der Waals surface area contributed by atoms with Gasteiger partial charge in [0.2, 0.25) is 0 Å². The van der Waals surface area contributed by atoms with Crippen molar-refractivity contribution in [2.24, 2.45) is 0 Å². The average molecular weight is 617 g/mol. The van der Waals surface area contributed by atoms with Crippen LogP contribution in [0.15, 0.2) is 55.0 Å². The lowest BCUT2D eigenvalue weighted by molar-refractivity contribution is -0.138. The number of alkyl halides is 3. The van der Waals surface area contributed by atoms with Gasteiger partial charge in [-0.15, -0.1) is 5.10 Å². The van der Waals surface area contributed by atoms with Crippen LogP contribution >= 0.6 is 0 Å². The molecule has 0 saturated carbocycles. The van der Waals surface area contributed by atoms with E-state index in [2.05, 4.69) is 36.9 Å². The number of anilines is 2. The molecule has 10 nitrogen and oxygen atoms in total. The summed E-state index contributed by atoms with van der Waals surface area (Å²) in [6, 6.07) is 9.65. The number of likely N-dealkylation sites (N-methyl/N-ethyl adjacent to an activating group) is 1. The molecule has 7 rings (SSSR count). The molecule has 0 radical (unpaired) electrons. The van der Waals surface area contributed by atoms with Gasteiger partial charge >= 0.3 is 6.18 Å². The Morgan fingerprint density at radius 1 is 1.07 bits per heavy atom. The average Bonchev–Trinajstić information content (AvgIpc) is 3.78. The number of aromatic nitrogens is 4. The van der Waals surface area contributed by atoms with Crippen LogP contribution in [-0.4, -0.2) is 93.8 Å². The zero-order valence-electron chi connectivity index (χ0n) is 24.6. The predicted molar refractivity (Wildman–Crippen MR) is 161 cm³/mol. The molecule has 232 valence electrons. The molecule has 0 aliphatic carbocycles. The summed E-state index contributed by atoms with van der Waals surface area (Å²) in [6.45, 7) is 4.70. The van der Waals surface area contributed by atoms with Crippen molar-refractivity contribution in [1.29, 1.82) is 0 Å². The molecule has 3 saturated heterocycles. The van der Waals surface area contributed by atoms with Gasteiger partial charge in [-0.2, -0.15) is 13.2 Å². The first-order chi connectivity index (χ1) is 21.7. The third-order valence-electron chi connectivity index (χ3n) is 8.54. The van der Waals surface area contributed by atoms with Gasteiger partial charge in [0.25, 0.3) is 5.91 Å². The highest BCUT2D eigenvalue weighted by Crippen LogP contribution is 2.35. The Labute approximate surface area is 257 Å². The molecule has 1 amide bonds. The number of rotatable bonds is 5. The highest BCUT2D eigenvalue weighted by Gasteiger charge is 2.40. The molecule has 3 fully saturated rings. The van der Waals surface area contributed by atoms with Crippen LogP contribution in [0.2, 0.25) is 0 Å². The van der Waals surface area contributed by atoms with E-state index in [1.807, 2.05) is 24.1 Å². The lowest BCUT2D eigenvalue weighted by atomic mass is 10.0. The highest BCUT2D eigenvalue weighted by molar-refractivity contribution is 6.04. The Balaban J connectivity index is 1.07. The van der Waals surface area contributed by atoms with Gasteiger partial charge < -0.3 is 19.9 Å². The monoisotopic (exact) mass is 616 g/mol. The fourth-order valence-corrected chi connectivity index (χ4v) is 6.06. The molecule has 2 atom stereocenters. The molecule has 3 aromatic heterocycles. The number of amides is 1. The van der Waals surface area contributed by atoms with E-state index in [0.717, 1.165) is 37.9 Å². The number of fused-ring (bicyclic) bond motifs is 3. The highest BCUT2D eigenvalue weighted by atomic mass is 19.4. The van der Waals surface area contributed by atoms with E-state index >= 15 is 0 Å². The first-order valence-electron chi connectivity index (χ1n) is 14.8. The number of halogens is 3. The molecule has 0 spiro atoms. The number of nitrogens with one attached hydrogen (secondary N) is 1. The summed E-state index contributed by atoms with van der Waals surface area (Å²) in [5, 5.41) is 7.35. The van der Waals surface area contributed by atoms with E-state index in [-0.39, 0.29) is 29.5 Å². The molecule has 13 heteroatoms. The van der Waals surface area contributed by atoms with E-state index in [1.165, 1.54) is 24.5 Å². The van der Waals surface area contributed by atoms with E-state index in [4.69, 9.17) is 9.84 Å². The van der Waals surface area contributed by atoms with Gasteiger partial charge in [0, 0.05) is 62.9 Å². The second kappa shape index (κ2) is 11.8. The van der Waals surface area contributed by atoms with Crippen molar-refractivity contribution < 1.29 is 22.7 Å². The van der Waals surface area contributed by atoms with Crippen LogP contribution in [0, 0.1) is 11.8 Å². The summed E-state index contributed by atoms with van der Waals surface area (Å²) in [6.07, 6.45) is 1.18. The Morgan fingerprint density at radius 3 is 2.67 bits per heavy atom. The van der Waals surface area contributed by atoms with Gasteiger partial charge in [0.05, 0.1) is 36.1 Å². The molecular weight excluding hydrogens is 585 g/mol. The van der Waals surface area contributed by atoms with Crippen LogP contribution < -0.4 is 10.2 Å². The standard InChI is InChI=1S/C32H31F3N8O2/c1-40-8-10-41(11-9-40)18-22-3-4-24(13-28(22)32(33,34)35)38-31(44)23-12-21(15-36-16-23)2-5-25-17-37-29-6-7-30(39-43(25)29)42-19-27-14-26(42)20-45-27/h3-4,6-7,12-13,15-17,26-27H,8-11,14,18-20H2,1H3,(H,38,44)/t26-,27-/m0/s1. The third kappa shape index (κ3) is 6.22. The minimum absolute atomic E-state index is 0.0522. The second-order valence-electron chi connectivity index (χ2n) is 11.7. The summed E-state index contributed by atoms with van der Waals surface area (Å²) in [5.41, 5.74) is 1.33. The number of carbonyl (C=O) groups excluding carboxylic acids is 1. The SMILES string of the molecule is CN1CCN(Cc2ccc(NC(=O)c3cncc(C#Cc4cnc5ccc(N6C[C@@H]7C[C@H]6CO7)nn45)c3)cc2C(F)(F)F)CC1. The summed E-state index contributed by atoms with van der Waals surface area (Å²) in [7, 11) is 2.00. The lowest BCUT2D eigenvalue weighted by Gasteiger charge is -2.33. The first-order valence-corrected chi connectivity index (χ1v) is 14.8. The van der Waals surface area contributed by atoms with Gasteiger partial charge in [-0.05, 0) is 55.3 Å². The molecule has 4 aromatic rings. The normalized spacial score (nSPS) is 20.4. The first kappa shape index (κ1) is 29.2. The molecule has 2 bridgehead atoms. The molecular formula is C32H31F3N8O2. The van der Waals surface area contributed by atoms with Gasteiger partial charge in [-0.1, -0.05) is 12.0 Å². The molecule has 6 heterocycles. The van der Waals surface area contributed by atoms with E-state index in [9.17, 15) is 18.0 Å². The number of carbonyl (C=O) groups is 1. The zero-order chi connectivity index (χ0) is 31.1. The van der Waals surface area contributed by atoms with Crippen molar-refractivity contribution in [1.82, 2.24) is 29.4 Å². The lowest BCUT2D eigenvalue weighted by Crippen LogP contribution is -2.44. The van der Waals surface area contributed by atoms with Crippen molar-refractivity contribution in [3.63, 3.8) is 0 Å². The summed E-state index contributed by atoms with van der Waals surface area (Å²) >= 11 is 0. The molecule has 45 heavy (non-hydrogen) atoms. The van der Waals surface area contributed by atoms with Gasteiger partial charge in [0.15, 0.2) is 5.65 Å². The number of piperazine rings is 1. The summed E-state index contributed by atoms with van der Waals surface area (Å²) < 4.78 is 49.4. The van der Waals surface area contributed by atoms with Crippen LogP contribution in [0.25, 0.3) is 5.65 Å². The van der Waals surface area contributed by atoms with Gasteiger partial charge in [-0.25, -0.2) is 9.50 Å².